The van der Waals surface area contributed by atoms with E-state index in [1.807, 2.05) is 0 Å². The van der Waals surface area contributed by atoms with Crippen LogP contribution in [-0.2, 0) is 0 Å². The number of phenols is 1. The lowest BCUT2D eigenvalue weighted by Gasteiger charge is -2.10. The highest BCUT2D eigenvalue weighted by molar-refractivity contribution is 5.88. The first-order valence-corrected chi connectivity index (χ1v) is 5.95. The summed E-state index contributed by atoms with van der Waals surface area (Å²) in [6, 6.07) is 10.9. The molecule has 0 atom stereocenters. The Morgan fingerprint density at radius 3 is 2.80 bits per heavy atom. The van der Waals surface area contributed by atoms with Crippen molar-refractivity contribution in [3.8, 4) is 17.4 Å². The number of nitrogen functional groups attached to an aromatic ring is 1. The summed E-state index contributed by atoms with van der Waals surface area (Å²) < 4.78 is 19.2. The van der Waals surface area contributed by atoms with E-state index in [4.69, 9.17) is 10.5 Å². The molecule has 1 heterocycles. The minimum atomic E-state index is -0.566. The van der Waals surface area contributed by atoms with Crippen LogP contribution in [0.15, 0.2) is 48.7 Å². The number of fused-ring (bicyclic) bond motifs is 1. The average molecular weight is 270 g/mol. The van der Waals surface area contributed by atoms with Crippen molar-refractivity contribution in [2.45, 2.75) is 0 Å². The third kappa shape index (κ3) is 2.09. The van der Waals surface area contributed by atoms with Crippen molar-refractivity contribution in [1.29, 1.82) is 0 Å². The molecule has 4 nitrogen and oxygen atoms in total. The fourth-order valence-corrected chi connectivity index (χ4v) is 1.94. The van der Waals surface area contributed by atoms with E-state index in [-0.39, 0.29) is 23.1 Å². The van der Waals surface area contributed by atoms with Crippen molar-refractivity contribution >= 4 is 16.5 Å². The topological polar surface area (TPSA) is 68.4 Å². The minimum Gasteiger partial charge on any atom is -0.508 e. The van der Waals surface area contributed by atoms with E-state index in [1.54, 1.807) is 30.5 Å². The van der Waals surface area contributed by atoms with Crippen LogP contribution in [0.3, 0.4) is 0 Å². The van der Waals surface area contributed by atoms with Crippen LogP contribution in [-0.4, -0.2) is 10.1 Å². The van der Waals surface area contributed by atoms with E-state index in [0.717, 1.165) is 5.39 Å². The Morgan fingerprint density at radius 1 is 1.15 bits per heavy atom. The predicted molar refractivity (Wildman–Crippen MR) is 74.3 cm³/mol. The van der Waals surface area contributed by atoms with Gasteiger partial charge >= 0.3 is 0 Å². The number of para-hydroxylation sites is 1. The summed E-state index contributed by atoms with van der Waals surface area (Å²) in [7, 11) is 0. The SMILES string of the molecule is Nc1cccc(F)c1Oc1nccc2ccc(O)cc12. The fourth-order valence-electron chi connectivity index (χ4n) is 1.94. The Bertz CT molecular complexity index is 770. The van der Waals surface area contributed by atoms with Gasteiger partial charge in [0.05, 0.1) is 5.69 Å². The summed E-state index contributed by atoms with van der Waals surface area (Å²) in [6.07, 6.45) is 1.55. The van der Waals surface area contributed by atoms with Gasteiger partial charge in [0.2, 0.25) is 5.88 Å². The standard InChI is InChI=1S/C15H11FN2O2/c16-12-2-1-3-13(17)14(12)20-15-11-8-10(19)5-4-9(11)6-7-18-15/h1-8,19H,17H2. The first kappa shape index (κ1) is 12.2. The van der Waals surface area contributed by atoms with Crippen LogP contribution in [0.1, 0.15) is 0 Å². The summed E-state index contributed by atoms with van der Waals surface area (Å²) >= 11 is 0. The fraction of sp³-hybridized carbons (Fsp3) is 0. The van der Waals surface area contributed by atoms with Crippen LogP contribution in [0.25, 0.3) is 10.8 Å². The van der Waals surface area contributed by atoms with Crippen molar-refractivity contribution in [3.63, 3.8) is 0 Å². The molecule has 5 heteroatoms. The van der Waals surface area contributed by atoms with Crippen LogP contribution in [0.4, 0.5) is 10.1 Å². The highest BCUT2D eigenvalue weighted by atomic mass is 19.1. The molecule has 1 aromatic heterocycles. The van der Waals surface area contributed by atoms with Crippen molar-refractivity contribution in [3.05, 3.63) is 54.5 Å². The maximum atomic E-state index is 13.7. The van der Waals surface area contributed by atoms with Gasteiger partial charge in [-0.05, 0) is 35.7 Å². The van der Waals surface area contributed by atoms with Gasteiger partial charge in [0.1, 0.15) is 5.75 Å². The number of pyridine rings is 1. The number of rotatable bonds is 2. The van der Waals surface area contributed by atoms with E-state index < -0.39 is 5.82 Å². The smallest absolute Gasteiger partial charge is 0.227 e. The van der Waals surface area contributed by atoms with Gasteiger partial charge in [0.15, 0.2) is 11.6 Å². The monoisotopic (exact) mass is 270 g/mol. The summed E-state index contributed by atoms with van der Waals surface area (Å²) in [5.74, 6) is -0.369. The summed E-state index contributed by atoms with van der Waals surface area (Å²) in [4.78, 5) is 4.07. The molecular formula is C15H11FN2O2. The van der Waals surface area contributed by atoms with Gasteiger partial charge in [0.25, 0.3) is 0 Å². The lowest BCUT2D eigenvalue weighted by atomic mass is 10.1. The van der Waals surface area contributed by atoms with Crippen LogP contribution < -0.4 is 10.5 Å². The zero-order valence-electron chi connectivity index (χ0n) is 10.4. The Kier molecular flexibility index (Phi) is 2.87. The second-order valence-electron chi connectivity index (χ2n) is 4.28. The van der Waals surface area contributed by atoms with E-state index in [0.29, 0.717) is 5.39 Å². The van der Waals surface area contributed by atoms with Crippen LogP contribution in [0.5, 0.6) is 17.4 Å². The van der Waals surface area contributed by atoms with E-state index >= 15 is 0 Å². The molecule has 0 aliphatic rings. The Balaban J connectivity index is 2.13. The maximum Gasteiger partial charge on any atom is 0.227 e. The molecule has 0 amide bonds. The van der Waals surface area contributed by atoms with Gasteiger partial charge in [-0.15, -0.1) is 0 Å². The van der Waals surface area contributed by atoms with Gasteiger partial charge in [-0.3, -0.25) is 0 Å². The molecular weight excluding hydrogens is 259 g/mol. The number of aromatic nitrogens is 1. The van der Waals surface area contributed by atoms with Crippen molar-refractivity contribution < 1.29 is 14.2 Å². The van der Waals surface area contributed by atoms with Crippen LogP contribution in [0, 0.1) is 5.82 Å². The number of hydrogen-bond donors (Lipinski definition) is 2. The number of anilines is 1. The number of ether oxygens (including phenoxy) is 1. The first-order chi connectivity index (χ1) is 9.65. The molecule has 0 spiro atoms. The Morgan fingerprint density at radius 2 is 2.00 bits per heavy atom. The molecule has 3 rings (SSSR count). The van der Waals surface area contributed by atoms with Crippen LogP contribution >= 0.6 is 0 Å². The first-order valence-electron chi connectivity index (χ1n) is 5.95. The lowest BCUT2D eigenvalue weighted by molar-refractivity contribution is 0.434. The minimum absolute atomic E-state index is 0.0733. The van der Waals surface area contributed by atoms with Crippen LogP contribution in [0.2, 0.25) is 0 Å². The normalized spacial score (nSPS) is 10.7. The Hall–Kier alpha value is -2.82. The number of nitrogens with zero attached hydrogens (tertiary/aromatic N) is 1. The predicted octanol–water partition coefficient (Wildman–Crippen LogP) is 3.45. The average Bonchev–Trinajstić information content (AvgIpc) is 2.43. The van der Waals surface area contributed by atoms with Gasteiger partial charge in [-0.25, -0.2) is 9.37 Å². The van der Waals surface area contributed by atoms with E-state index in [2.05, 4.69) is 4.98 Å². The highest BCUT2D eigenvalue weighted by Crippen LogP contribution is 2.34. The van der Waals surface area contributed by atoms with Crippen molar-refractivity contribution in [2.24, 2.45) is 0 Å². The van der Waals surface area contributed by atoms with E-state index in [9.17, 15) is 9.50 Å². The molecule has 3 N–H and O–H groups in total. The van der Waals surface area contributed by atoms with Gasteiger partial charge in [-0.1, -0.05) is 12.1 Å². The van der Waals surface area contributed by atoms with Crippen molar-refractivity contribution in [1.82, 2.24) is 4.98 Å². The number of benzene rings is 2. The molecule has 2 aromatic carbocycles. The number of nitrogens with two attached hydrogens (primary N) is 1. The molecule has 0 bridgehead atoms. The largest absolute Gasteiger partial charge is 0.508 e. The third-order valence-corrected chi connectivity index (χ3v) is 2.91. The van der Waals surface area contributed by atoms with Crippen molar-refractivity contribution in [2.75, 3.05) is 5.73 Å². The second-order valence-corrected chi connectivity index (χ2v) is 4.28. The molecule has 0 radical (unpaired) electrons. The molecule has 0 fully saturated rings. The molecule has 20 heavy (non-hydrogen) atoms. The molecule has 100 valence electrons. The molecule has 0 aliphatic carbocycles. The second kappa shape index (κ2) is 4.70. The molecule has 0 aliphatic heterocycles. The molecule has 0 saturated carbocycles. The Labute approximate surface area is 114 Å². The van der Waals surface area contributed by atoms with E-state index in [1.165, 1.54) is 18.2 Å². The number of hydrogen-bond acceptors (Lipinski definition) is 4. The molecule has 0 saturated heterocycles. The van der Waals surface area contributed by atoms with Gasteiger partial charge in [-0.2, -0.15) is 0 Å². The molecule has 0 unspecified atom stereocenters. The summed E-state index contributed by atoms with van der Waals surface area (Å²) in [6.45, 7) is 0. The maximum absolute atomic E-state index is 13.7. The quantitative estimate of drug-likeness (QED) is 0.700. The van der Waals surface area contributed by atoms with Gasteiger partial charge < -0.3 is 15.6 Å². The number of aromatic hydroxyl groups is 1. The number of phenolic OH excluding ortho intramolecular Hbond substituents is 1. The highest BCUT2D eigenvalue weighted by Gasteiger charge is 2.12. The zero-order valence-corrected chi connectivity index (χ0v) is 10.4. The molecule has 3 aromatic rings. The zero-order chi connectivity index (χ0) is 14.1. The lowest BCUT2D eigenvalue weighted by Crippen LogP contribution is -1.96. The third-order valence-electron chi connectivity index (χ3n) is 2.91. The van der Waals surface area contributed by atoms with Gasteiger partial charge in [0, 0.05) is 11.6 Å². The summed E-state index contributed by atoms with van der Waals surface area (Å²) in [5, 5.41) is 10.9. The summed E-state index contributed by atoms with van der Waals surface area (Å²) in [5.41, 5.74) is 5.89. The number of halogens is 1.